The van der Waals surface area contributed by atoms with Gasteiger partial charge in [0.1, 0.15) is 13.2 Å². The van der Waals surface area contributed by atoms with Crippen molar-refractivity contribution in [3.05, 3.63) is 83.9 Å². The number of anilines is 1. The third kappa shape index (κ3) is 5.95. The van der Waals surface area contributed by atoms with Crippen LogP contribution in [-0.2, 0) is 26.1 Å². The molecule has 0 atom stereocenters. The minimum Gasteiger partial charge on any atom is -0.486 e. The number of carbonyl (C=O) groups is 2. The second kappa shape index (κ2) is 11.1. The molecule has 0 aromatic heterocycles. The van der Waals surface area contributed by atoms with Gasteiger partial charge in [-0.2, -0.15) is 0 Å². The number of nitrogens with zero attached hydrogens (tertiary/aromatic N) is 1. The number of ether oxygens (including phenoxy) is 3. The summed E-state index contributed by atoms with van der Waals surface area (Å²) in [5.41, 5.74) is 0.969. The Morgan fingerprint density at radius 2 is 1.64 bits per heavy atom. The van der Waals surface area contributed by atoms with Gasteiger partial charge in [-0.25, -0.2) is 13.2 Å². The number of esters is 1. The number of sulfonamides is 1. The van der Waals surface area contributed by atoms with Gasteiger partial charge in [0.15, 0.2) is 18.1 Å². The first-order valence-corrected chi connectivity index (χ1v) is 12.9. The van der Waals surface area contributed by atoms with E-state index in [-0.39, 0.29) is 22.1 Å². The third-order valence-corrected chi connectivity index (χ3v) is 6.86. The summed E-state index contributed by atoms with van der Waals surface area (Å²) in [5, 5.41) is 0. The first kappa shape index (κ1) is 25.1. The van der Waals surface area contributed by atoms with Gasteiger partial charge in [-0.15, -0.1) is 0 Å². The number of rotatable bonds is 9. The van der Waals surface area contributed by atoms with Crippen molar-refractivity contribution in [2.45, 2.75) is 18.4 Å². The normalized spacial score (nSPS) is 12.5. The summed E-state index contributed by atoms with van der Waals surface area (Å²) in [6, 6.07) is 19.8. The van der Waals surface area contributed by atoms with E-state index in [4.69, 9.17) is 14.2 Å². The fourth-order valence-corrected chi connectivity index (χ4v) is 4.72. The summed E-state index contributed by atoms with van der Waals surface area (Å²) < 4.78 is 44.6. The van der Waals surface area contributed by atoms with Gasteiger partial charge < -0.3 is 19.1 Å². The summed E-state index contributed by atoms with van der Waals surface area (Å²) >= 11 is 0. The monoisotopic (exact) mass is 510 g/mol. The number of likely N-dealkylation sites (N-methyl/N-ethyl adjacent to an activating group) is 1. The molecule has 0 saturated heterocycles. The Labute approximate surface area is 209 Å². The molecule has 1 aliphatic heterocycles. The summed E-state index contributed by atoms with van der Waals surface area (Å²) in [5.74, 6) is -0.392. The van der Waals surface area contributed by atoms with Crippen LogP contribution in [0.25, 0.3) is 0 Å². The molecule has 188 valence electrons. The van der Waals surface area contributed by atoms with E-state index in [9.17, 15) is 18.0 Å². The zero-order valence-electron chi connectivity index (χ0n) is 19.7. The molecule has 0 fully saturated rings. The van der Waals surface area contributed by atoms with Crippen molar-refractivity contribution in [1.29, 1.82) is 0 Å². The molecule has 3 aromatic rings. The molecule has 3 aromatic carbocycles. The van der Waals surface area contributed by atoms with Crippen LogP contribution in [0.2, 0.25) is 0 Å². The topological polar surface area (TPSA) is 111 Å². The van der Waals surface area contributed by atoms with Crippen LogP contribution in [0.4, 0.5) is 5.69 Å². The number of amides is 1. The van der Waals surface area contributed by atoms with Gasteiger partial charge in [0.2, 0.25) is 0 Å². The molecule has 9 nitrogen and oxygen atoms in total. The Kier molecular flexibility index (Phi) is 7.74. The number of fused-ring (bicyclic) bond motifs is 1. The molecule has 1 N–H and O–H groups in total. The lowest BCUT2D eigenvalue weighted by atomic mass is 10.2. The average Bonchev–Trinajstić information content (AvgIpc) is 2.90. The van der Waals surface area contributed by atoms with Crippen LogP contribution in [0.1, 0.15) is 22.8 Å². The van der Waals surface area contributed by atoms with Crippen LogP contribution in [0.3, 0.4) is 0 Å². The molecule has 4 rings (SSSR count). The fourth-order valence-electron chi connectivity index (χ4n) is 3.62. The van der Waals surface area contributed by atoms with Gasteiger partial charge in [-0.3, -0.25) is 9.52 Å². The van der Waals surface area contributed by atoms with Crippen molar-refractivity contribution in [2.75, 3.05) is 31.1 Å². The Morgan fingerprint density at radius 3 is 2.39 bits per heavy atom. The molecule has 0 radical (unpaired) electrons. The van der Waals surface area contributed by atoms with E-state index in [2.05, 4.69) is 4.72 Å². The van der Waals surface area contributed by atoms with E-state index in [1.165, 1.54) is 30.3 Å². The summed E-state index contributed by atoms with van der Waals surface area (Å²) in [6.07, 6.45) is 0. The highest BCUT2D eigenvalue weighted by molar-refractivity contribution is 7.92. The molecule has 36 heavy (non-hydrogen) atoms. The van der Waals surface area contributed by atoms with Crippen LogP contribution in [-0.4, -0.2) is 51.6 Å². The van der Waals surface area contributed by atoms with Crippen molar-refractivity contribution >= 4 is 27.6 Å². The van der Waals surface area contributed by atoms with Crippen LogP contribution < -0.4 is 14.2 Å². The molecular formula is C26H26N2O7S. The van der Waals surface area contributed by atoms with Crippen LogP contribution in [0.15, 0.2) is 77.7 Å². The average molecular weight is 511 g/mol. The first-order chi connectivity index (χ1) is 17.4. The van der Waals surface area contributed by atoms with Crippen molar-refractivity contribution in [1.82, 2.24) is 4.90 Å². The van der Waals surface area contributed by atoms with Crippen LogP contribution in [0, 0.1) is 0 Å². The fraction of sp³-hybridized carbons (Fsp3) is 0.231. The Balaban J connectivity index is 1.44. The maximum Gasteiger partial charge on any atom is 0.340 e. The highest BCUT2D eigenvalue weighted by Gasteiger charge is 2.23. The van der Waals surface area contributed by atoms with E-state index in [1.54, 1.807) is 17.0 Å². The largest absolute Gasteiger partial charge is 0.486 e. The van der Waals surface area contributed by atoms with Gasteiger partial charge in [0.25, 0.3) is 15.9 Å². The van der Waals surface area contributed by atoms with Gasteiger partial charge in [0, 0.05) is 19.2 Å². The molecular weight excluding hydrogens is 484 g/mol. The number of hydrogen-bond acceptors (Lipinski definition) is 7. The van der Waals surface area contributed by atoms with Gasteiger partial charge in [-0.05, 0) is 36.8 Å². The number of para-hydroxylation sites is 1. The Bertz CT molecular complexity index is 1340. The highest BCUT2D eigenvalue weighted by atomic mass is 32.2. The molecule has 10 heteroatoms. The Hall–Kier alpha value is -4.05. The van der Waals surface area contributed by atoms with E-state index >= 15 is 0 Å². The molecule has 0 saturated carbocycles. The summed E-state index contributed by atoms with van der Waals surface area (Å²) in [7, 11) is -4.05. The number of carbonyl (C=O) groups excluding carboxylic acids is 2. The van der Waals surface area contributed by atoms with E-state index in [0.717, 1.165) is 5.56 Å². The van der Waals surface area contributed by atoms with Crippen LogP contribution >= 0.6 is 0 Å². The second-order valence-corrected chi connectivity index (χ2v) is 9.61. The minimum atomic E-state index is -4.05. The maximum absolute atomic E-state index is 13.0. The van der Waals surface area contributed by atoms with Crippen molar-refractivity contribution in [2.24, 2.45) is 0 Å². The Morgan fingerprint density at radius 1 is 0.944 bits per heavy atom. The molecule has 1 heterocycles. The number of hydrogen-bond donors (Lipinski definition) is 1. The lowest BCUT2D eigenvalue weighted by molar-refractivity contribution is -0.134. The third-order valence-electron chi connectivity index (χ3n) is 5.49. The SMILES string of the molecule is CCN(Cc1ccccc1)C(=O)COC(=O)c1ccccc1NS(=O)(=O)c1ccc2c(c1)OCCO2. The minimum absolute atomic E-state index is 0.0162. The first-order valence-electron chi connectivity index (χ1n) is 11.4. The van der Waals surface area contributed by atoms with Gasteiger partial charge >= 0.3 is 5.97 Å². The lowest BCUT2D eigenvalue weighted by Gasteiger charge is -2.21. The highest BCUT2D eigenvalue weighted by Crippen LogP contribution is 2.33. The predicted octanol–water partition coefficient (Wildman–Crippen LogP) is 3.46. The maximum atomic E-state index is 13.0. The molecule has 1 aliphatic rings. The molecule has 0 unspecified atom stereocenters. The number of nitrogens with one attached hydrogen (secondary N) is 1. The van der Waals surface area contributed by atoms with E-state index in [0.29, 0.717) is 37.8 Å². The number of benzene rings is 3. The standard InChI is InChI=1S/C26H26N2O7S/c1-2-28(17-19-8-4-3-5-9-19)25(29)18-35-26(30)21-10-6-7-11-22(21)27-36(31,32)20-12-13-23-24(16-20)34-15-14-33-23/h3-13,16,27H,2,14-15,17-18H2,1H3. The van der Waals surface area contributed by atoms with Gasteiger partial charge in [0.05, 0.1) is 16.1 Å². The summed E-state index contributed by atoms with van der Waals surface area (Å²) in [6.45, 7) is 2.90. The van der Waals surface area contributed by atoms with Crippen molar-refractivity contribution in [3.8, 4) is 11.5 Å². The molecule has 0 bridgehead atoms. The smallest absolute Gasteiger partial charge is 0.340 e. The quantitative estimate of drug-likeness (QED) is 0.439. The summed E-state index contributed by atoms with van der Waals surface area (Å²) in [4.78, 5) is 27.0. The van der Waals surface area contributed by atoms with Crippen molar-refractivity contribution in [3.63, 3.8) is 0 Å². The second-order valence-electron chi connectivity index (χ2n) is 7.93. The van der Waals surface area contributed by atoms with Crippen LogP contribution in [0.5, 0.6) is 11.5 Å². The van der Waals surface area contributed by atoms with Crippen molar-refractivity contribution < 1.29 is 32.2 Å². The van der Waals surface area contributed by atoms with E-state index in [1.807, 2.05) is 37.3 Å². The lowest BCUT2D eigenvalue weighted by Crippen LogP contribution is -2.34. The zero-order chi connectivity index (χ0) is 25.5. The predicted molar refractivity (Wildman–Crippen MR) is 132 cm³/mol. The van der Waals surface area contributed by atoms with Gasteiger partial charge in [-0.1, -0.05) is 42.5 Å². The molecule has 1 amide bonds. The van der Waals surface area contributed by atoms with E-state index < -0.39 is 22.6 Å². The molecule has 0 aliphatic carbocycles. The zero-order valence-corrected chi connectivity index (χ0v) is 20.5. The molecule has 0 spiro atoms.